The van der Waals surface area contributed by atoms with Crippen LogP contribution in [0.4, 0.5) is 15.3 Å². The van der Waals surface area contributed by atoms with Crippen molar-refractivity contribution < 1.29 is 19.4 Å². The quantitative estimate of drug-likeness (QED) is 0.854. The molecule has 0 atom stereocenters. The largest absolute Gasteiger partial charge is 0.464 e. The van der Waals surface area contributed by atoms with E-state index in [1.54, 1.807) is 20.8 Å². The van der Waals surface area contributed by atoms with Crippen molar-refractivity contribution in [2.45, 2.75) is 26.4 Å². The van der Waals surface area contributed by atoms with Crippen LogP contribution in [-0.2, 0) is 4.74 Å². The highest BCUT2D eigenvalue weighted by molar-refractivity contribution is 6.32. The summed E-state index contributed by atoms with van der Waals surface area (Å²) in [5.41, 5.74) is -0.637. The first-order chi connectivity index (χ1) is 9.15. The minimum atomic E-state index is -1.50. The number of carbonyl (C=O) groups is 2. The Balaban J connectivity index is 3.16. The van der Waals surface area contributed by atoms with Crippen molar-refractivity contribution in [2.24, 2.45) is 0 Å². The molecule has 0 aliphatic heterocycles. The number of amides is 2. The van der Waals surface area contributed by atoms with Crippen molar-refractivity contribution in [3.63, 3.8) is 0 Å². The number of nitriles is 1. The van der Waals surface area contributed by atoms with Gasteiger partial charge in [-0.25, -0.2) is 9.59 Å². The topological polar surface area (TPSA) is 90.6 Å². The zero-order valence-electron chi connectivity index (χ0n) is 11.2. The van der Waals surface area contributed by atoms with Crippen molar-refractivity contribution in [3.8, 4) is 6.07 Å². The zero-order valence-corrected chi connectivity index (χ0v) is 11.9. The number of nitrogens with zero attached hydrogens (tertiary/aromatic N) is 2. The van der Waals surface area contributed by atoms with Crippen LogP contribution in [0.15, 0.2) is 18.2 Å². The average Bonchev–Trinajstić information content (AvgIpc) is 2.26. The van der Waals surface area contributed by atoms with Crippen molar-refractivity contribution in [1.29, 1.82) is 5.26 Å². The van der Waals surface area contributed by atoms with Gasteiger partial charge in [-0.15, -0.1) is 0 Å². The maximum atomic E-state index is 11.9. The average molecular weight is 297 g/mol. The van der Waals surface area contributed by atoms with Crippen LogP contribution in [0.1, 0.15) is 26.3 Å². The standard InChI is InChI=1S/C13H13ClN2O4/c1-13(2,3)20-12(19)16(11(17)18)9-5-4-8(7-15)10(14)6-9/h4-6H,1-3H3,(H,17,18). The Morgan fingerprint density at radius 1 is 1.40 bits per heavy atom. The Morgan fingerprint density at radius 3 is 2.40 bits per heavy atom. The number of carbonyl (C=O) groups excluding carboxylic acids is 1. The lowest BCUT2D eigenvalue weighted by molar-refractivity contribution is 0.0582. The lowest BCUT2D eigenvalue weighted by Gasteiger charge is -2.24. The van der Waals surface area contributed by atoms with Crippen LogP contribution in [0.5, 0.6) is 0 Å². The van der Waals surface area contributed by atoms with Crippen LogP contribution in [0.25, 0.3) is 0 Å². The number of anilines is 1. The number of hydrogen-bond acceptors (Lipinski definition) is 4. The molecule has 0 fully saturated rings. The van der Waals surface area contributed by atoms with Crippen LogP contribution in [0, 0.1) is 11.3 Å². The fraction of sp³-hybridized carbons (Fsp3) is 0.308. The fourth-order valence-electron chi connectivity index (χ4n) is 1.34. The Kier molecular flexibility index (Phi) is 4.58. The Morgan fingerprint density at radius 2 is 2.00 bits per heavy atom. The summed E-state index contributed by atoms with van der Waals surface area (Å²) in [6, 6.07) is 5.70. The number of rotatable bonds is 1. The predicted molar refractivity (Wildman–Crippen MR) is 72.9 cm³/mol. The molecule has 0 saturated heterocycles. The maximum Gasteiger partial charge on any atom is 0.424 e. The van der Waals surface area contributed by atoms with Gasteiger partial charge >= 0.3 is 12.2 Å². The van der Waals surface area contributed by atoms with Crippen molar-refractivity contribution >= 4 is 29.5 Å². The number of benzene rings is 1. The van der Waals surface area contributed by atoms with E-state index in [0.29, 0.717) is 4.90 Å². The molecule has 1 aromatic carbocycles. The highest BCUT2D eigenvalue weighted by atomic mass is 35.5. The van der Waals surface area contributed by atoms with Crippen molar-refractivity contribution in [2.75, 3.05) is 4.90 Å². The molecule has 0 aromatic heterocycles. The van der Waals surface area contributed by atoms with Gasteiger partial charge < -0.3 is 9.84 Å². The summed E-state index contributed by atoms with van der Waals surface area (Å²) >= 11 is 5.82. The first-order valence-electron chi connectivity index (χ1n) is 5.61. The molecule has 2 amide bonds. The highest BCUT2D eigenvalue weighted by Gasteiger charge is 2.28. The summed E-state index contributed by atoms with van der Waals surface area (Å²) < 4.78 is 5.01. The van der Waals surface area contributed by atoms with Gasteiger partial charge in [-0.2, -0.15) is 10.2 Å². The van der Waals surface area contributed by atoms with E-state index in [-0.39, 0.29) is 16.3 Å². The van der Waals surface area contributed by atoms with Crippen molar-refractivity contribution in [1.82, 2.24) is 0 Å². The molecule has 0 spiro atoms. The lowest BCUT2D eigenvalue weighted by atomic mass is 10.2. The van der Waals surface area contributed by atoms with Crippen molar-refractivity contribution in [3.05, 3.63) is 28.8 Å². The molecule has 0 bridgehead atoms. The molecule has 106 valence electrons. The normalized spacial score (nSPS) is 10.6. The van der Waals surface area contributed by atoms with Crippen LogP contribution < -0.4 is 4.90 Å². The fourth-order valence-corrected chi connectivity index (χ4v) is 1.55. The number of carboxylic acid groups (broad SMARTS) is 1. The van der Waals surface area contributed by atoms with Gasteiger partial charge in [0.25, 0.3) is 0 Å². The Labute approximate surface area is 121 Å². The van der Waals surface area contributed by atoms with Gasteiger partial charge in [0.1, 0.15) is 11.7 Å². The number of imide groups is 1. The van der Waals surface area contributed by atoms with Gasteiger partial charge in [-0.3, -0.25) is 0 Å². The summed E-state index contributed by atoms with van der Waals surface area (Å²) in [6.45, 7) is 4.87. The summed E-state index contributed by atoms with van der Waals surface area (Å²) in [6.07, 6.45) is -2.54. The van der Waals surface area contributed by atoms with Crippen LogP contribution in [-0.4, -0.2) is 22.9 Å². The lowest BCUT2D eigenvalue weighted by Crippen LogP contribution is -2.40. The molecule has 7 heteroatoms. The molecule has 1 N–H and O–H groups in total. The third-order valence-electron chi connectivity index (χ3n) is 2.10. The predicted octanol–water partition coefficient (Wildman–Crippen LogP) is 3.63. The second kappa shape index (κ2) is 5.80. The molecule has 1 rings (SSSR count). The molecule has 0 saturated carbocycles. The van der Waals surface area contributed by atoms with Crippen LogP contribution >= 0.6 is 11.6 Å². The molecule has 20 heavy (non-hydrogen) atoms. The monoisotopic (exact) mass is 296 g/mol. The minimum absolute atomic E-state index is 0.00995. The van der Waals surface area contributed by atoms with Gasteiger partial charge in [0, 0.05) is 0 Å². The van der Waals surface area contributed by atoms with Gasteiger partial charge in [-0.1, -0.05) is 11.6 Å². The van der Waals surface area contributed by atoms with E-state index < -0.39 is 17.8 Å². The van der Waals surface area contributed by atoms with Gasteiger partial charge in [0.2, 0.25) is 0 Å². The molecule has 0 unspecified atom stereocenters. The molecule has 0 heterocycles. The van der Waals surface area contributed by atoms with E-state index in [9.17, 15) is 9.59 Å². The first-order valence-corrected chi connectivity index (χ1v) is 5.99. The molecular formula is C13H13ClN2O4. The smallest absolute Gasteiger partial charge is 0.424 e. The van der Waals surface area contributed by atoms with Gasteiger partial charge in [0.15, 0.2) is 0 Å². The van der Waals surface area contributed by atoms with Gasteiger partial charge in [0.05, 0.1) is 16.3 Å². The van der Waals surface area contributed by atoms with E-state index in [1.807, 2.05) is 6.07 Å². The summed E-state index contributed by atoms with van der Waals surface area (Å²) in [5.74, 6) is 0. The molecule has 6 nitrogen and oxygen atoms in total. The van der Waals surface area contributed by atoms with E-state index in [4.69, 9.17) is 26.7 Å². The molecule has 0 radical (unpaired) electrons. The minimum Gasteiger partial charge on any atom is -0.464 e. The SMILES string of the molecule is CC(C)(C)OC(=O)N(C(=O)O)c1ccc(C#N)c(Cl)c1. The van der Waals surface area contributed by atoms with E-state index in [2.05, 4.69) is 0 Å². The molecule has 0 aliphatic carbocycles. The first kappa shape index (κ1) is 15.8. The highest BCUT2D eigenvalue weighted by Crippen LogP contribution is 2.25. The molecular weight excluding hydrogens is 284 g/mol. The maximum absolute atomic E-state index is 11.9. The second-order valence-electron chi connectivity index (χ2n) is 4.87. The van der Waals surface area contributed by atoms with Crippen LogP contribution in [0.3, 0.4) is 0 Å². The third-order valence-corrected chi connectivity index (χ3v) is 2.41. The van der Waals surface area contributed by atoms with Gasteiger partial charge in [-0.05, 0) is 39.0 Å². The van der Waals surface area contributed by atoms with Crippen LogP contribution in [0.2, 0.25) is 5.02 Å². The second-order valence-corrected chi connectivity index (χ2v) is 5.28. The Hall–Kier alpha value is -2.26. The van der Waals surface area contributed by atoms with E-state index in [1.165, 1.54) is 18.2 Å². The van der Waals surface area contributed by atoms with E-state index in [0.717, 1.165) is 0 Å². The number of hydrogen-bond donors (Lipinski definition) is 1. The number of ether oxygens (including phenoxy) is 1. The zero-order chi connectivity index (χ0) is 15.5. The number of halogens is 1. The molecule has 1 aromatic rings. The summed E-state index contributed by atoms with van der Waals surface area (Å²) in [7, 11) is 0. The molecule has 0 aliphatic rings. The summed E-state index contributed by atoms with van der Waals surface area (Å²) in [4.78, 5) is 23.5. The summed E-state index contributed by atoms with van der Waals surface area (Å²) in [5, 5.41) is 17.9. The Bertz CT molecular complexity index is 587. The third kappa shape index (κ3) is 3.87. The van der Waals surface area contributed by atoms with E-state index >= 15 is 0 Å².